The van der Waals surface area contributed by atoms with Crippen LogP contribution in [0.3, 0.4) is 0 Å². The fraction of sp³-hybridized carbons (Fsp3) is 0.364. The number of aliphatic carboxylic acids is 1. The van der Waals surface area contributed by atoms with Gasteiger partial charge in [0.05, 0.1) is 9.88 Å². The summed E-state index contributed by atoms with van der Waals surface area (Å²) in [5, 5.41) is 14.3. The molecule has 0 radical (unpaired) electrons. The lowest BCUT2D eigenvalue weighted by molar-refractivity contribution is -0.139. The van der Waals surface area contributed by atoms with Gasteiger partial charge in [0.25, 0.3) is 5.91 Å². The quantitative estimate of drug-likeness (QED) is 0.751. The Labute approximate surface area is 108 Å². The molecule has 2 amide bonds. The van der Waals surface area contributed by atoms with Crippen LogP contribution in [0.2, 0.25) is 0 Å². The zero-order valence-corrected chi connectivity index (χ0v) is 10.8. The van der Waals surface area contributed by atoms with Crippen LogP contribution < -0.4 is 10.6 Å². The topological polar surface area (TPSA) is 95.5 Å². The molecular weight excluding hydrogens is 256 g/mol. The Morgan fingerprint density at radius 3 is 2.56 bits per heavy atom. The largest absolute Gasteiger partial charge is 0.480 e. The maximum absolute atomic E-state index is 11.7. The fourth-order valence-electron chi connectivity index (χ4n) is 1.27. The van der Waals surface area contributed by atoms with Gasteiger partial charge in [-0.25, -0.2) is 4.79 Å². The highest BCUT2D eigenvalue weighted by Crippen LogP contribution is 2.21. The highest BCUT2D eigenvalue weighted by Gasteiger charge is 2.19. The summed E-state index contributed by atoms with van der Waals surface area (Å²) in [6, 6.07) is 2.24. The first kappa shape index (κ1) is 14.2. The molecule has 1 aromatic rings. The minimum atomic E-state index is -1.07. The third-order valence-corrected chi connectivity index (χ3v) is 3.14. The predicted octanol–water partition coefficient (Wildman–Crippen LogP) is 1.30. The van der Waals surface area contributed by atoms with E-state index < -0.39 is 17.9 Å². The molecule has 0 aliphatic carbocycles. The van der Waals surface area contributed by atoms with Gasteiger partial charge >= 0.3 is 5.97 Å². The Kier molecular flexibility index (Phi) is 4.85. The standard InChI is InChI=1S/C11H14N2O4S/c1-3-7(11(16)17)13-10(15)8-4-5-9(18-8)12-6(2)14/h4-5,7H,3H2,1-2H3,(H,12,14)(H,13,15)(H,16,17). The van der Waals surface area contributed by atoms with E-state index >= 15 is 0 Å². The van der Waals surface area contributed by atoms with Crippen molar-refractivity contribution in [2.24, 2.45) is 0 Å². The molecule has 6 nitrogen and oxygen atoms in total. The summed E-state index contributed by atoms with van der Waals surface area (Å²) >= 11 is 1.10. The molecular formula is C11H14N2O4S. The Morgan fingerprint density at radius 2 is 2.06 bits per heavy atom. The Balaban J connectivity index is 2.69. The number of nitrogens with one attached hydrogen (secondary N) is 2. The monoisotopic (exact) mass is 270 g/mol. The first-order valence-corrected chi connectivity index (χ1v) is 6.16. The summed E-state index contributed by atoms with van der Waals surface area (Å²) in [5.41, 5.74) is 0. The van der Waals surface area contributed by atoms with Crippen LogP contribution in [-0.2, 0) is 9.59 Å². The van der Waals surface area contributed by atoms with E-state index in [-0.39, 0.29) is 5.91 Å². The zero-order valence-electron chi connectivity index (χ0n) is 10.0. The first-order valence-electron chi connectivity index (χ1n) is 5.35. The SMILES string of the molecule is CCC(NC(=O)c1ccc(NC(C)=O)s1)C(=O)O. The van der Waals surface area contributed by atoms with E-state index in [1.54, 1.807) is 19.1 Å². The van der Waals surface area contributed by atoms with Crippen LogP contribution >= 0.6 is 11.3 Å². The second-order valence-corrected chi connectivity index (χ2v) is 4.70. The average Bonchev–Trinajstić information content (AvgIpc) is 2.72. The van der Waals surface area contributed by atoms with Crippen LogP contribution in [0.25, 0.3) is 0 Å². The van der Waals surface area contributed by atoms with E-state index in [4.69, 9.17) is 5.11 Å². The first-order chi connectivity index (χ1) is 8.43. The molecule has 18 heavy (non-hydrogen) atoms. The summed E-state index contributed by atoms with van der Waals surface area (Å²) in [4.78, 5) is 33.7. The molecule has 0 spiro atoms. The van der Waals surface area contributed by atoms with Gasteiger partial charge in [0.15, 0.2) is 0 Å². The van der Waals surface area contributed by atoms with Crippen molar-refractivity contribution in [2.45, 2.75) is 26.3 Å². The van der Waals surface area contributed by atoms with E-state index in [2.05, 4.69) is 10.6 Å². The van der Waals surface area contributed by atoms with Gasteiger partial charge in [-0.05, 0) is 18.6 Å². The van der Waals surface area contributed by atoms with Crippen LogP contribution in [0.1, 0.15) is 29.9 Å². The molecule has 1 unspecified atom stereocenters. The highest BCUT2D eigenvalue weighted by atomic mass is 32.1. The molecule has 1 rings (SSSR count). The number of amides is 2. The maximum atomic E-state index is 11.7. The van der Waals surface area contributed by atoms with Gasteiger partial charge in [0.1, 0.15) is 6.04 Å². The second kappa shape index (κ2) is 6.15. The Bertz CT molecular complexity index is 469. The van der Waals surface area contributed by atoms with E-state index in [1.165, 1.54) is 6.92 Å². The van der Waals surface area contributed by atoms with Crippen LogP contribution in [0.5, 0.6) is 0 Å². The van der Waals surface area contributed by atoms with E-state index in [0.717, 1.165) is 11.3 Å². The number of rotatable bonds is 5. The van der Waals surface area contributed by atoms with Crippen molar-refractivity contribution in [1.29, 1.82) is 0 Å². The molecule has 1 heterocycles. The van der Waals surface area contributed by atoms with Crippen LogP contribution in [0.4, 0.5) is 5.00 Å². The normalized spacial score (nSPS) is 11.7. The number of carboxylic acid groups (broad SMARTS) is 1. The fourth-order valence-corrected chi connectivity index (χ4v) is 2.12. The van der Waals surface area contributed by atoms with Crippen molar-refractivity contribution in [2.75, 3.05) is 5.32 Å². The lowest BCUT2D eigenvalue weighted by atomic mass is 10.2. The van der Waals surface area contributed by atoms with Gasteiger partial charge in [-0.3, -0.25) is 9.59 Å². The summed E-state index contributed by atoms with van der Waals surface area (Å²) in [6.45, 7) is 3.05. The minimum absolute atomic E-state index is 0.222. The number of carbonyl (C=O) groups excluding carboxylic acids is 2. The van der Waals surface area contributed by atoms with Crippen molar-refractivity contribution in [3.05, 3.63) is 17.0 Å². The minimum Gasteiger partial charge on any atom is -0.480 e. The Morgan fingerprint density at radius 1 is 1.39 bits per heavy atom. The molecule has 0 saturated carbocycles. The lowest BCUT2D eigenvalue weighted by Crippen LogP contribution is -2.39. The summed E-state index contributed by atoms with van der Waals surface area (Å²) in [5.74, 6) is -1.74. The molecule has 1 aromatic heterocycles. The van der Waals surface area contributed by atoms with Gasteiger partial charge in [-0.1, -0.05) is 6.92 Å². The average molecular weight is 270 g/mol. The lowest BCUT2D eigenvalue weighted by Gasteiger charge is -2.10. The van der Waals surface area contributed by atoms with Gasteiger partial charge in [0.2, 0.25) is 5.91 Å². The molecule has 7 heteroatoms. The summed E-state index contributed by atoms with van der Waals surface area (Å²) in [6.07, 6.45) is 0.311. The van der Waals surface area contributed by atoms with Crippen molar-refractivity contribution < 1.29 is 19.5 Å². The smallest absolute Gasteiger partial charge is 0.326 e. The third kappa shape index (κ3) is 3.85. The number of carbonyl (C=O) groups is 3. The van der Waals surface area contributed by atoms with Gasteiger partial charge < -0.3 is 15.7 Å². The van der Waals surface area contributed by atoms with Crippen molar-refractivity contribution in [3.63, 3.8) is 0 Å². The number of carboxylic acids is 1. The van der Waals surface area contributed by atoms with Crippen LogP contribution in [0.15, 0.2) is 12.1 Å². The highest BCUT2D eigenvalue weighted by molar-refractivity contribution is 7.18. The molecule has 3 N–H and O–H groups in total. The van der Waals surface area contributed by atoms with E-state index in [1.807, 2.05) is 0 Å². The maximum Gasteiger partial charge on any atom is 0.326 e. The molecule has 0 aliphatic heterocycles. The van der Waals surface area contributed by atoms with Crippen molar-refractivity contribution in [1.82, 2.24) is 5.32 Å². The van der Waals surface area contributed by atoms with Crippen LogP contribution in [0, 0.1) is 0 Å². The van der Waals surface area contributed by atoms with Gasteiger partial charge in [0, 0.05) is 6.92 Å². The number of thiophene rings is 1. The molecule has 0 aromatic carbocycles. The molecule has 0 aliphatic rings. The van der Waals surface area contributed by atoms with Crippen molar-refractivity contribution >= 4 is 34.1 Å². The van der Waals surface area contributed by atoms with E-state index in [0.29, 0.717) is 16.3 Å². The van der Waals surface area contributed by atoms with Crippen LogP contribution in [-0.4, -0.2) is 28.9 Å². The van der Waals surface area contributed by atoms with Crippen molar-refractivity contribution in [3.8, 4) is 0 Å². The summed E-state index contributed by atoms with van der Waals surface area (Å²) < 4.78 is 0. The van der Waals surface area contributed by atoms with E-state index in [9.17, 15) is 14.4 Å². The number of hydrogen-bond acceptors (Lipinski definition) is 4. The number of hydrogen-bond donors (Lipinski definition) is 3. The zero-order chi connectivity index (χ0) is 13.7. The molecule has 1 atom stereocenters. The molecule has 0 bridgehead atoms. The third-order valence-electron chi connectivity index (χ3n) is 2.14. The molecule has 0 fully saturated rings. The predicted molar refractivity (Wildman–Crippen MR) is 67.8 cm³/mol. The summed E-state index contributed by atoms with van der Waals surface area (Å²) in [7, 11) is 0. The Hall–Kier alpha value is -1.89. The number of anilines is 1. The van der Waals surface area contributed by atoms with Gasteiger partial charge in [-0.2, -0.15) is 0 Å². The molecule has 98 valence electrons. The second-order valence-electron chi connectivity index (χ2n) is 3.62. The van der Waals surface area contributed by atoms with Gasteiger partial charge in [-0.15, -0.1) is 11.3 Å². The molecule has 0 saturated heterocycles.